The molecule has 0 saturated carbocycles. The van der Waals surface area contributed by atoms with E-state index in [1.165, 1.54) is 0 Å². The van der Waals surface area contributed by atoms with Gasteiger partial charge in [-0.1, -0.05) is 58.0 Å². The largest absolute Gasteiger partial charge is 0.481 e. The van der Waals surface area contributed by atoms with Gasteiger partial charge in [0.2, 0.25) is 0 Å². The summed E-state index contributed by atoms with van der Waals surface area (Å²) in [6.45, 7) is 6.89. The van der Waals surface area contributed by atoms with Crippen LogP contribution < -0.4 is 0 Å². The minimum absolute atomic E-state index is 0.0890. The fourth-order valence-corrected chi connectivity index (χ4v) is 1.32. The zero-order valence-electron chi connectivity index (χ0n) is 12.5. The highest BCUT2D eigenvalue weighted by Gasteiger charge is 2.18. The summed E-state index contributed by atoms with van der Waals surface area (Å²) in [4.78, 5) is 21.1. The second-order valence-electron chi connectivity index (χ2n) is 5.26. The van der Waals surface area contributed by atoms with Crippen molar-refractivity contribution in [2.75, 3.05) is 0 Å². The Morgan fingerprint density at radius 3 is 1.80 bits per heavy atom. The molecule has 0 aliphatic rings. The molecule has 0 radical (unpaired) electrons. The van der Waals surface area contributed by atoms with Crippen LogP contribution in [0, 0.1) is 11.8 Å². The molecule has 0 saturated heterocycles. The molecule has 0 heterocycles. The van der Waals surface area contributed by atoms with Crippen molar-refractivity contribution in [1.29, 1.82) is 0 Å². The van der Waals surface area contributed by atoms with Crippen LogP contribution in [-0.2, 0) is 16.0 Å². The molecule has 0 aliphatic heterocycles. The maximum atomic E-state index is 11.4. The average Bonchev–Trinajstić information content (AvgIpc) is 2.39. The van der Waals surface area contributed by atoms with Crippen molar-refractivity contribution < 1.29 is 19.8 Å². The fraction of sp³-hybridized carbons (Fsp3) is 0.500. The number of aliphatic carboxylic acids is 1. The molecule has 0 spiro atoms. The standard InChI is InChI=1S/C12H16O2.C4H8O2/c1-9(2)12(14)11(13)8-10-6-4-3-5-7-10;1-3(2)4(5)6/h3-7,9,11,13H,8H2,1-2H3;3H,1-2H3,(H,5,6). The summed E-state index contributed by atoms with van der Waals surface area (Å²) < 4.78 is 0. The molecule has 0 amide bonds. The molecule has 1 atom stereocenters. The summed E-state index contributed by atoms with van der Waals surface area (Å²) in [5.41, 5.74) is 0.994. The van der Waals surface area contributed by atoms with Crippen molar-refractivity contribution >= 4 is 11.8 Å². The van der Waals surface area contributed by atoms with E-state index in [9.17, 15) is 14.7 Å². The first-order valence-corrected chi connectivity index (χ1v) is 6.74. The molecule has 0 aliphatic carbocycles. The molecule has 20 heavy (non-hydrogen) atoms. The van der Waals surface area contributed by atoms with Gasteiger partial charge < -0.3 is 10.2 Å². The SMILES string of the molecule is CC(C)C(=O)C(O)Cc1ccccc1.CC(C)C(=O)O. The molecule has 2 N–H and O–H groups in total. The van der Waals surface area contributed by atoms with Gasteiger partial charge in [-0.15, -0.1) is 0 Å². The zero-order valence-corrected chi connectivity index (χ0v) is 12.5. The van der Waals surface area contributed by atoms with Crippen molar-refractivity contribution in [3.05, 3.63) is 35.9 Å². The van der Waals surface area contributed by atoms with Crippen LogP contribution in [-0.4, -0.2) is 28.1 Å². The topological polar surface area (TPSA) is 74.6 Å². The van der Waals surface area contributed by atoms with E-state index in [2.05, 4.69) is 0 Å². The Balaban J connectivity index is 0.000000511. The van der Waals surface area contributed by atoms with Crippen LogP contribution in [0.2, 0.25) is 0 Å². The number of Topliss-reactive ketones (excluding diaryl/α,β-unsaturated/α-hetero) is 1. The molecule has 1 unspecified atom stereocenters. The summed E-state index contributed by atoms with van der Waals surface area (Å²) in [5, 5.41) is 17.6. The van der Waals surface area contributed by atoms with E-state index < -0.39 is 12.1 Å². The number of benzene rings is 1. The second kappa shape index (κ2) is 9.26. The molecule has 1 aromatic rings. The molecule has 1 aromatic carbocycles. The summed E-state index contributed by atoms with van der Waals surface area (Å²) in [5.74, 6) is -1.16. The lowest BCUT2D eigenvalue weighted by atomic mass is 9.98. The molecule has 1 rings (SSSR count). The van der Waals surface area contributed by atoms with Gasteiger partial charge in [-0.25, -0.2) is 0 Å². The van der Waals surface area contributed by atoms with Crippen LogP contribution in [0.25, 0.3) is 0 Å². The minimum Gasteiger partial charge on any atom is -0.481 e. The van der Waals surface area contributed by atoms with Gasteiger partial charge in [0, 0.05) is 12.3 Å². The number of carbonyl (C=O) groups is 2. The third-order valence-electron chi connectivity index (χ3n) is 2.66. The molecule has 112 valence electrons. The summed E-state index contributed by atoms with van der Waals surface area (Å²) in [6.07, 6.45) is -0.449. The van der Waals surface area contributed by atoms with Crippen LogP contribution in [0.3, 0.4) is 0 Å². The van der Waals surface area contributed by atoms with Gasteiger partial charge in [0.05, 0.1) is 5.92 Å². The normalized spacial score (nSPS) is 11.8. The highest BCUT2D eigenvalue weighted by Crippen LogP contribution is 2.07. The first-order chi connectivity index (χ1) is 9.25. The van der Waals surface area contributed by atoms with Crippen LogP contribution in [0.15, 0.2) is 30.3 Å². The maximum Gasteiger partial charge on any atom is 0.305 e. The molecular formula is C16H24O4. The second-order valence-corrected chi connectivity index (χ2v) is 5.26. The van der Waals surface area contributed by atoms with E-state index in [4.69, 9.17) is 5.11 Å². The van der Waals surface area contributed by atoms with E-state index in [1.807, 2.05) is 30.3 Å². The Morgan fingerprint density at radius 1 is 1.00 bits per heavy atom. The molecule has 4 nitrogen and oxygen atoms in total. The van der Waals surface area contributed by atoms with Crippen LogP contribution in [0.1, 0.15) is 33.3 Å². The number of carboxylic acid groups (broad SMARTS) is 1. The number of rotatable bonds is 5. The van der Waals surface area contributed by atoms with Crippen molar-refractivity contribution in [2.24, 2.45) is 11.8 Å². The number of carbonyl (C=O) groups excluding carboxylic acids is 1. The van der Waals surface area contributed by atoms with E-state index in [0.29, 0.717) is 6.42 Å². The van der Waals surface area contributed by atoms with Crippen LogP contribution >= 0.6 is 0 Å². The first kappa shape index (κ1) is 18.3. The van der Waals surface area contributed by atoms with Crippen molar-refractivity contribution in [1.82, 2.24) is 0 Å². The van der Waals surface area contributed by atoms with Gasteiger partial charge >= 0.3 is 5.97 Å². The predicted octanol–water partition coefficient (Wildman–Crippen LogP) is 2.54. The number of aliphatic hydroxyl groups is 1. The Morgan fingerprint density at radius 2 is 1.45 bits per heavy atom. The number of ketones is 1. The smallest absolute Gasteiger partial charge is 0.305 e. The number of carboxylic acids is 1. The van der Waals surface area contributed by atoms with Crippen molar-refractivity contribution in [3.63, 3.8) is 0 Å². The van der Waals surface area contributed by atoms with Gasteiger partial charge in [-0.3, -0.25) is 9.59 Å². The van der Waals surface area contributed by atoms with Gasteiger partial charge in [-0.05, 0) is 5.56 Å². The Hall–Kier alpha value is -1.68. The highest BCUT2D eigenvalue weighted by atomic mass is 16.4. The Kier molecular flexibility index (Phi) is 8.48. The van der Waals surface area contributed by atoms with Crippen LogP contribution in [0.4, 0.5) is 0 Å². The van der Waals surface area contributed by atoms with E-state index in [0.717, 1.165) is 5.56 Å². The number of aliphatic hydroxyl groups excluding tert-OH is 1. The van der Waals surface area contributed by atoms with Crippen molar-refractivity contribution in [3.8, 4) is 0 Å². The molecular weight excluding hydrogens is 256 g/mol. The summed E-state index contributed by atoms with van der Waals surface area (Å²) in [6, 6.07) is 9.55. The number of hydrogen-bond acceptors (Lipinski definition) is 3. The fourth-order valence-electron chi connectivity index (χ4n) is 1.32. The van der Waals surface area contributed by atoms with Crippen LogP contribution in [0.5, 0.6) is 0 Å². The number of hydrogen-bond donors (Lipinski definition) is 2. The van der Waals surface area contributed by atoms with Gasteiger partial charge in [0.25, 0.3) is 0 Å². The maximum absolute atomic E-state index is 11.4. The molecule has 0 aromatic heterocycles. The lowest BCUT2D eigenvalue weighted by molar-refractivity contribution is -0.140. The quantitative estimate of drug-likeness (QED) is 0.869. The zero-order chi connectivity index (χ0) is 15.7. The monoisotopic (exact) mass is 280 g/mol. The molecule has 0 bridgehead atoms. The van der Waals surface area contributed by atoms with Crippen molar-refractivity contribution in [2.45, 2.75) is 40.2 Å². The van der Waals surface area contributed by atoms with Gasteiger partial charge in [-0.2, -0.15) is 0 Å². The minimum atomic E-state index is -0.864. The van der Waals surface area contributed by atoms with E-state index >= 15 is 0 Å². The Bertz CT molecular complexity index is 410. The summed E-state index contributed by atoms with van der Waals surface area (Å²) in [7, 11) is 0. The third-order valence-corrected chi connectivity index (χ3v) is 2.66. The third kappa shape index (κ3) is 7.69. The van der Waals surface area contributed by atoms with E-state index in [-0.39, 0.29) is 17.6 Å². The predicted molar refractivity (Wildman–Crippen MR) is 78.5 cm³/mol. The highest BCUT2D eigenvalue weighted by molar-refractivity contribution is 5.84. The lowest BCUT2D eigenvalue weighted by Gasteiger charge is -2.11. The van der Waals surface area contributed by atoms with E-state index in [1.54, 1.807) is 27.7 Å². The Labute approximate surface area is 120 Å². The molecule has 0 fully saturated rings. The van der Waals surface area contributed by atoms with Gasteiger partial charge in [0.1, 0.15) is 6.10 Å². The summed E-state index contributed by atoms with van der Waals surface area (Å²) >= 11 is 0. The lowest BCUT2D eigenvalue weighted by Crippen LogP contribution is -2.26. The first-order valence-electron chi connectivity index (χ1n) is 6.74. The molecule has 4 heteroatoms. The van der Waals surface area contributed by atoms with Gasteiger partial charge in [0.15, 0.2) is 5.78 Å². The average molecular weight is 280 g/mol.